The van der Waals surface area contributed by atoms with Crippen molar-refractivity contribution in [2.75, 3.05) is 7.05 Å². The summed E-state index contributed by atoms with van der Waals surface area (Å²) in [6, 6.07) is 2.06. The first kappa shape index (κ1) is 12.2. The largest absolute Gasteiger partial charge is 1.00 e. The Labute approximate surface area is 115 Å². The molecule has 5 heteroatoms. The average molecular weight is 226 g/mol. The average Bonchev–Trinajstić information content (AvgIpc) is 2.30. The van der Waals surface area contributed by atoms with Crippen LogP contribution in [0.1, 0.15) is 32.6 Å². The molecule has 0 aromatic heterocycles. The summed E-state index contributed by atoms with van der Waals surface area (Å²) in [6.45, 7) is 2.45. The summed E-state index contributed by atoms with van der Waals surface area (Å²) >= 11 is 0. The molecule has 4 bridgehead atoms. The van der Waals surface area contributed by atoms with Gasteiger partial charge in [-0.25, -0.2) is 0 Å². The van der Waals surface area contributed by atoms with Gasteiger partial charge >= 0.3 is 18.9 Å². The Kier molecular flexibility index (Phi) is 2.72. The molecule has 0 N–H and O–H groups in total. The molecule has 4 heterocycles. The quantitative estimate of drug-likeness (QED) is 0.507. The molecule has 0 amide bonds. The molecule has 6 unspecified atom stereocenters. The van der Waals surface area contributed by atoms with E-state index >= 15 is 0 Å². The maximum Gasteiger partial charge on any atom is 1.00 e. The molecular formula is C12H19LiN4. The van der Waals surface area contributed by atoms with Gasteiger partial charge in [0.1, 0.15) is 0 Å². The van der Waals surface area contributed by atoms with Crippen LogP contribution >= 0.6 is 0 Å². The Morgan fingerprint density at radius 3 is 2.65 bits per heavy atom. The molecule has 0 spiro atoms. The second-order valence-electron chi connectivity index (χ2n) is 6.13. The van der Waals surface area contributed by atoms with Gasteiger partial charge in [-0.05, 0) is 38.3 Å². The van der Waals surface area contributed by atoms with Gasteiger partial charge in [-0.3, -0.25) is 0 Å². The van der Waals surface area contributed by atoms with Crippen LogP contribution in [0.2, 0.25) is 0 Å². The SMILES string of the molecule is CN1[N-]C2CCC1C1(C)C3CCC(N=N3)C21.[Li+]. The summed E-state index contributed by atoms with van der Waals surface area (Å²) < 4.78 is 0. The zero-order valence-corrected chi connectivity index (χ0v) is 11.0. The van der Waals surface area contributed by atoms with E-state index in [1.165, 1.54) is 25.7 Å². The predicted octanol–water partition coefficient (Wildman–Crippen LogP) is -0.625. The number of nitrogens with zero attached hydrogens (tertiary/aromatic N) is 4. The second-order valence-corrected chi connectivity index (χ2v) is 6.13. The van der Waals surface area contributed by atoms with E-state index in [1.807, 2.05) is 0 Å². The van der Waals surface area contributed by atoms with Crippen molar-refractivity contribution in [2.24, 2.45) is 21.6 Å². The molecule has 6 aliphatic rings. The topological polar surface area (TPSA) is 42.1 Å². The Morgan fingerprint density at radius 1 is 1.18 bits per heavy atom. The van der Waals surface area contributed by atoms with Crippen molar-refractivity contribution >= 4 is 0 Å². The van der Waals surface area contributed by atoms with E-state index in [9.17, 15) is 0 Å². The third-order valence-electron chi connectivity index (χ3n) is 5.59. The van der Waals surface area contributed by atoms with Crippen molar-refractivity contribution in [1.29, 1.82) is 0 Å². The van der Waals surface area contributed by atoms with Crippen molar-refractivity contribution in [2.45, 2.75) is 56.8 Å². The molecular weight excluding hydrogens is 207 g/mol. The molecule has 2 aliphatic carbocycles. The molecule has 88 valence electrons. The van der Waals surface area contributed by atoms with Crippen LogP contribution in [-0.2, 0) is 0 Å². The van der Waals surface area contributed by atoms with Gasteiger partial charge in [0.2, 0.25) is 0 Å². The number of hydrogen-bond acceptors (Lipinski definition) is 3. The van der Waals surface area contributed by atoms with Gasteiger partial charge in [0.15, 0.2) is 0 Å². The minimum atomic E-state index is 0. The normalized spacial score (nSPS) is 55.5. The van der Waals surface area contributed by atoms with Gasteiger partial charge in [-0.15, -0.1) is 6.04 Å². The molecule has 4 fully saturated rings. The molecule has 0 aromatic rings. The van der Waals surface area contributed by atoms with Gasteiger partial charge in [-0.1, -0.05) is 13.3 Å². The summed E-state index contributed by atoms with van der Waals surface area (Å²) in [6.07, 6.45) is 5.07. The first-order valence-corrected chi connectivity index (χ1v) is 6.55. The van der Waals surface area contributed by atoms with Crippen molar-refractivity contribution < 1.29 is 18.9 Å². The smallest absolute Gasteiger partial charge is 0.591 e. The number of rotatable bonds is 0. The number of azo groups is 1. The van der Waals surface area contributed by atoms with Gasteiger partial charge in [0.25, 0.3) is 0 Å². The molecule has 6 atom stereocenters. The van der Waals surface area contributed by atoms with Crippen molar-refractivity contribution in [1.82, 2.24) is 5.01 Å². The van der Waals surface area contributed by atoms with Gasteiger partial charge < -0.3 is 10.4 Å². The fraction of sp³-hybridized carbons (Fsp3) is 1.00. The number of fused-ring (bicyclic) bond motifs is 3. The third-order valence-corrected chi connectivity index (χ3v) is 5.59. The first-order valence-electron chi connectivity index (χ1n) is 6.55. The Hall–Kier alpha value is 0.117. The minimum absolute atomic E-state index is 0. The fourth-order valence-electron chi connectivity index (χ4n) is 4.90. The van der Waals surface area contributed by atoms with Crippen LogP contribution in [0.3, 0.4) is 0 Å². The summed E-state index contributed by atoms with van der Waals surface area (Å²) in [7, 11) is 2.15. The summed E-state index contributed by atoms with van der Waals surface area (Å²) in [5.74, 6) is 0.679. The van der Waals surface area contributed by atoms with E-state index in [2.05, 4.69) is 29.2 Å². The monoisotopic (exact) mass is 226 g/mol. The van der Waals surface area contributed by atoms with Crippen LogP contribution < -0.4 is 18.9 Å². The van der Waals surface area contributed by atoms with E-state index in [4.69, 9.17) is 5.43 Å². The van der Waals surface area contributed by atoms with Crippen LogP contribution in [0.15, 0.2) is 10.2 Å². The molecule has 17 heavy (non-hydrogen) atoms. The van der Waals surface area contributed by atoms with E-state index in [-0.39, 0.29) is 18.9 Å². The molecule has 0 aromatic carbocycles. The van der Waals surface area contributed by atoms with E-state index in [1.54, 1.807) is 0 Å². The first-order chi connectivity index (χ1) is 7.71. The Bertz CT molecular complexity index is 360. The van der Waals surface area contributed by atoms with Crippen LogP contribution in [0.5, 0.6) is 0 Å². The predicted molar refractivity (Wildman–Crippen MR) is 61.2 cm³/mol. The Morgan fingerprint density at radius 2 is 2.00 bits per heavy atom. The summed E-state index contributed by atoms with van der Waals surface area (Å²) in [5.41, 5.74) is 5.18. The van der Waals surface area contributed by atoms with Crippen molar-refractivity contribution in [3.05, 3.63) is 5.43 Å². The molecule has 4 aliphatic heterocycles. The minimum Gasteiger partial charge on any atom is -0.591 e. The third kappa shape index (κ3) is 1.33. The Balaban J connectivity index is 0.000000902. The summed E-state index contributed by atoms with van der Waals surface area (Å²) in [4.78, 5) is 0. The van der Waals surface area contributed by atoms with E-state index in [0.29, 0.717) is 35.5 Å². The fourth-order valence-corrected chi connectivity index (χ4v) is 4.90. The molecule has 2 saturated carbocycles. The zero-order chi connectivity index (χ0) is 10.9. The van der Waals surface area contributed by atoms with Crippen LogP contribution in [0.25, 0.3) is 5.43 Å². The zero-order valence-electron chi connectivity index (χ0n) is 11.0. The van der Waals surface area contributed by atoms with Crippen molar-refractivity contribution in [3.8, 4) is 0 Å². The second kappa shape index (κ2) is 3.80. The molecule has 4 nitrogen and oxygen atoms in total. The standard InChI is InChI=1S/C12H19N4.Li/c1-12-9-5-3-7(13-14-9)11(12)8-4-6-10(12)16(2)15-8;/h7-11H,3-6H2,1-2H3;/q-1;+1. The van der Waals surface area contributed by atoms with Gasteiger partial charge in [-0.2, -0.15) is 10.2 Å². The van der Waals surface area contributed by atoms with Crippen LogP contribution in [0.4, 0.5) is 0 Å². The molecule has 0 radical (unpaired) electrons. The van der Waals surface area contributed by atoms with Crippen molar-refractivity contribution in [3.63, 3.8) is 0 Å². The van der Waals surface area contributed by atoms with E-state index in [0.717, 1.165) is 0 Å². The number of hydrogen-bond donors (Lipinski definition) is 0. The summed E-state index contributed by atoms with van der Waals surface area (Å²) in [5, 5.41) is 11.3. The maximum absolute atomic E-state index is 4.83. The van der Waals surface area contributed by atoms with Gasteiger partial charge in [0.05, 0.1) is 12.1 Å². The van der Waals surface area contributed by atoms with E-state index < -0.39 is 0 Å². The maximum atomic E-state index is 4.83. The van der Waals surface area contributed by atoms with Crippen LogP contribution in [-0.4, -0.2) is 36.2 Å². The molecule has 2 saturated heterocycles. The van der Waals surface area contributed by atoms with Gasteiger partial charge in [0, 0.05) is 5.41 Å². The molecule has 6 rings (SSSR count). The van der Waals surface area contributed by atoms with Crippen LogP contribution in [0, 0.1) is 11.3 Å².